The molecule has 0 saturated carbocycles. The average Bonchev–Trinajstić information content (AvgIpc) is 2.47. The number of hydrogen-bond acceptors (Lipinski definition) is 2. The third-order valence-corrected chi connectivity index (χ3v) is 2.75. The van der Waals surface area contributed by atoms with E-state index < -0.39 is 34.4 Å². The van der Waals surface area contributed by atoms with Crippen LogP contribution < -0.4 is 0 Å². The topological polar surface area (TPSA) is 32.6 Å². The quantitative estimate of drug-likeness (QED) is 0.510. The van der Waals surface area contributed by atoms with E-state index in [0.717, 1.165) is 0 Å². The smallest absolute Gasteiger partial charge is 0.171 e. The lowest BCUT2D eigenvalue weighted by Gasteiger charge is -2.06. The van der Waals surface area contributed by atoms with Crippen LogP contribution in [0.3, 0.4) is 0 Å². The van der Waals surface area contributed by atoms with Crippen LogP contribution in [0.4, 0.5) is 23.2 Å². The first-order valence-corrected chi connectivity index (χ1v) is 5.77. The summed E-state index contributed by atoms with van der Waals surface area (Å²) in [6.45, 7) is 3.09. The molecule has 0 aliphatic heterocycles. The first-order valence-electron chi connectivity index (χ1n) is 5.77. The number of hydrogen-bond donors (Lipinski definition) is 1. The highest BCUT2D eigenvalue weighted by atomic mass is 19.2. The lowest BCUT2D eigenvalue weighted by atomic mass is 10.1. The Morgan fingerprint density at radius 3 is 1.95 bits per heavy atom. The van der Waals surface area contributed by atoms with Crippen molar-refractivity contribution in [1.29, 1.82) is 0 Å². The van der Waals surface area contributed by atoms with Crippen LogP contribution in [-0.4, -0.2) is 11.3 Å². The van der Waals surface area contributed by atoms with Gasteiger partial charge >= 0.3 is 0 Å². The number of para-hydroxylation sites is 2. The van der Waals surface area contributed by atoms with Gasteiger partial charge in [0.25, 0.3) is 0 Å². The van der Waals surface area contributed by atoms with Crippen molar-refractivity contribution in [2.45, 2.75) is 0 Å². The normalized spacial score (nSPS) is 11.0. The predicted molar refractivity (Wildman–Crippen MR) is 71.7 cm³/mol. The number of nitrogens with zero attached hydrogens (tertiary/aromatic N) is 1. The molecular formula is C15H9F4NO. The van der Waals surface area contributed by atoms with Gasteiger partial charge in [0.2, 0.25) is 0 Å². The van der Waals surface area contributed by atoms with Crippen molar-refractivity contribution in [1.82, 2.24) is 0 Å². The molecule has 2 aromatic carbocycles. The zero-order valence-electron chi connectivity index (χ0n) is 10.6. The van der Waals surface area contributed by atoms with Gasteiger partial charge < -0.3 is 5.11 Å². The van der Waals surface area contributed by atoms with E-state index in [1.165, 1.54) is 24.3 Å². The Labute approximate surface area is 117 Å². The van der Waals surface area contributed by atoms with Gasteiger partial charge in [0.05, 0.1) is 11.1 Å². The molecule has 0 atom stereocenters. The molecule has 0 amide bonds. The van der Waals surface area contributed by atoms with Crippen LogP contribution in [0.1, 0.15) is 11.1 Å². The fourth-order valence-corrected chi connectivity index (χ4v) is 1.67. The van der Waals surface area contributed by atoms with E-state index >= 15 is 0 Å². The molecule has 2 aromatic rings. The standard InChI is InChI=1S/C15H9F4NO/c1-2-8-12(16)14(18)9(15(19)13(8)17)7-20-10-5-3-4-6-11(10)21/h2-7,21H,1H2/b20-7+. The number of halogens is 4. The van der Waals surface area contributed by atoms with Crippen molar-refractivity contribution < 1.29 is 22.7 Å². The van der Waals surface area contributed by atoms with Crippen LogP contribution in [0, 0.1) is 23.3 Å². The largest absolute Gasteiger partial charge is 0.506 e. The van der Waals surface area contributed by atoms with E-state index in [1.54, 1.807) is 0 Å². The van der Waals surface area contributed by atoms with Crippen molar-refractivity contribution >= 4 is 18.0 Å². The van der Waals surface area contributed by atoms with Crippen molar-refractivity contribution in [3.63, 3.8) is 0 Å². The van der Waals surface area contributed by atoms with Crippen LogP contribution >= 0.6 is 0 Å². The van der Waals surface area contributed by atoms with Crippen molar-refractivity contribution in [2.75, 3.05) is 0 Å². The van der Waals surface area contributed by atoms with Crippen LogP contribution in [0.25, 0.3) is 6.08 Å². The number of aliphatic imine (C=N–C) groups is 1. The molecule has 0 heterocycles. The van der Waals surface area contributed by atoms with E-state index in [-0.39, 0.29) is 11.4 Å². The third kappa shape index (κ3) is 2.65. The molecule has 0 saturated heterocycles. The highest BCUT2D eigenvalue weighted by Crippen LogP contribution is 2.27. The van der Waals surface area contributed by atoms with Gasteiger partial charge in [-0.3, -0.25) is 4.99 Å². The van der Waals surface area contributed by atoms with Gasteiger partial charge in [-0.15, -0.1) is 0 Å². The van der Waals surface area contributed by atoms with E-state index in [4.69, 9.17) is 0 Å². The monoisotopic (exact) mass is 295 g/mol. The molecule has 0 aliphatic carbocycles. The highest BCUT2D eigenvalue weighted by molar-refractivity contribution is 5.84. The summed E-state index contributed by atoms with van der Waals surface area (Å²) in [6, 6.07) is 5.72. The Balaban J connectivity index is 2.56. The summed E-state index contributed by atoms with van der Waals surface area (Å²) < 4.78 is 54.5. The van der Waals surface area contributed by atoms with Crippen LogP contribution in [0.15, 0.2) is 35.8 Å². The SMILES string of the molecule is C=Cc1c(F)c(F)c(/C=N/c2ccccc2O)c(F)c1F. The van der Waals surface area contributed by atoms with Crippen molar-refractivity contribution in [2.24, 2.45) is 4.99 Å². The second-order valence-electron chi connectivity index (χ2n) is 4.03. The van der Waals surface area contributed by atoms with E-state index in [0.29, 0.717) is 12.3 Å². The van der Waals surface area contributed by atoms with Gasteiger partial charge in [0.15, 0.2) is 23.3 Å². The predicted octanol–water partition coefficient (Wildman–Crippen LogP) is 4.34. The summed E-state index contributed by atoms with van der Waals surface area (Å²) in [6.07, 6.45) is 1.29. The van der Waals surface area contributed by atoms with E-state index in [9.17, 15) is 22.7 Å². The number of phenols is 1. The summed E-state index contributed by atoms with van der Waals surface area (Å²) >= 11 is 0. The summed E-state index contributed by atoms with van der Waals surface area (Å²) in [4.78, 5) is 3.62. The second kappa shape index (κ2) is 5.78. The van der Waals surface area contributed by atoms with Gasteiger partial charge in [-0.05, 0) is 12.1 Å². The van der Waals surface area contributed by atoms with Crippen LogP contribution in [0.2, 0.25) is 0 Å². The van der Waals surface area contributed by atoms with Gasteiger partial charge in [-0.25, -0.2) is 17.6 Å². The number of benzene rings is 2. The first kappa shape index (κ1) is 14.8. The number of rotatable bonds is 3. The molecule has 21 heavy (non-hydrogen) atoms. The fraction of sp³-hybridized carbons (Fsp3) is 0. The highest BCUT2D eigenvalue weighted by Gasteiger charge is 2.22. The number of aromatic hydroxyl groups is 1. The molecule has 6 heteroatoms. The molecule has 0 aliphatic rings. The summed E-state index contributed by atoms with van der Waals surface area (Å²) in [5, 5.41) is 9.46. The Morgan fingerprint density at radius 1 is 0.905 bits per heavy atom. The average molecular weight is 295 g/mol. The van der Waals surface area contributed by atoms with E-state index in [2.05, 4.69) is 11.6 Å². The van der Waals surface area contributed by atoms with Crippen molar-refractivity contribution in [3.05, 3.63) is 65.2 Å². The van der Waals surface area contributed by atoms with Gasteiger partial charge in [0.1, 0.15) is 11.4 Å². The Hall–Kier alpha value is -2.63. The maximum absolute atomic E-state index is 13.7. The molecule has 0 unspecified atom stereocenters. The molecule has 0 bridgehead atoms. The Kier molecular flexibility index (Phi) is 4.07. The Bertz CT molecular complexity index is 712. The molecule has 2 rings (SSSR count). The van der Waals surface area contributed by atoms with Crippen molar-refractivity contribution in [3.8, 4) is 5.75 Å². The molecule has 0 spiro atoms. The fourth-order valence-electron chi connectivity index (χ4n) is 1.67. The molecule has 0 fully saturated rings. The minimum atomic E-state index is -1.58. The van der Waals surface area contributed by atoms with Gasteiger partial charge in [-0.2, -0.15) is 0 Å². The second-order valence-corrected chi connectivity index (χ2v) is 4.03. The van der Waals surface area contributed by atoms with Crippen LogP contribution in [-0.2, 0) is 0 Å². The maximum atomic E-state index is 13.7. The van der Waals surface area contributed by atoms with Crippen LogP contribution in [0.5, 0.6) is 5.75 Å². The van der Waals surface area contributed by atoms with E-state index in [1.807, 2.05) is 0 Å². The maximum Gasteiger partial charge on any atom is 0.171 e. The summed E-state index contributed by atoms with van der Waals surface area (Å²) in [5.74, 6) is -6.51. The minimum Gasteiger partial charge on any atom is -0.506 e. The van der Waals surface area contributed by atoms with Gasteiger partial charge in [0, 0.05) is 6.21 Å². The minimum absolute atomic E-state index is 0.00455. The molecule has 108 valence electrons. The molecule has 1 N–H and O–H groups in total. The number of phenolic OH excluding ortho intramolecular Hbond substituents is 1. The lowest BCUT2D eigenvalue weighted by Crippen LogP contribution is -2.05. The first-order chi connectivity index (χ1) is 9.97. The molecule has 0 radical (unpaired) electrons. The third-order valence-electron chi connectivity index (χ3n) is 2.75. The molecule has 2 nitrogen and oxygen atoms in total. The lowest BCUT2D eigenvalue weighted by molar-refractivity contribution is 0.449. The molecule has 0 aromatic heterocycles. The summed E-state index contributed by atoms with van der Waals surface area (Å²) in [7, 11) is 0. The zero-order chi connectivity index (χ0) is 15.6. The van der Waals surface area contributed by atoms with Gasteiger partial charge in [-0.1, -0.05) is 24.8 Å². The summed E-state index contributed by atoms with van der Waals surface area (Å²) in [5.41, 5.74) is -1.85. The Morgan fingerprint density at radius 2 is 1.43 bits per heavy atom. The zero-order valence-corrected chi connectivity index (χ0v) is 10.6. The molecular weight excluding hydrogens is 286 g/mol.